The van der Waals surface area contributed by atoms with Crippen molar-refractivity contribution in [3.8, 4) is 5.75 Å². The van der Waals surface area contributed by atoms with Gasteiger partial charge in [0.15, 0.2) is 0 Å². The van der Waals surface area contributed by atoms with Crippen molar-refractivity contribution < 1.29 is 17.5 Å². The molecule has 0 spiro atoms. The number of rotatable bonds is 6. The monoisotopic (exact) mass is 356 g/mol. The summed E-state index contributed by atoms with van der Waals surface area (Å²) in [5.74, 6) is -0.0328. The maximum Gasteiger partial charge on any atom is 0.276 e. The van der Waals surface area contributed by atoms with Crippen LogP contribution < -0.4 is 9.57 Å². The largest absolute Gasteiger partial charge is 0.494 e. The molecule has 0 aliphatic rings. The third-order valence-corrected chi connectivity index (χ3v) is 4.38. The molecule has 5 nitrogen and oxygen atoms in total. The first kappa shape index (κ1) is 17.2. The summed E-state index contributed by atoms with van der Waals surface area (Å²) in [6.45, 7) is 2.31. The second-order valence-corrected chi connectivity index (χ2v) is 6.46. The molecule has 0 aliphatic carbocycles. The van der Waals surface area contributed by atoms with Gasteiger partial charge in [0.05, 0.1) is 22.7 Å². The van der Waals surface area contributed by atoms with Crippen LogP contribution in [0.4, 0.5) is 4.39 Å². The SMILES string of the molecule is CCOc1ccc(S(=O)(=O)N/N=C\c2c(F)cccc2Cl)cc1. The minimum atomic E-state index is -3.86. The molecule has 0 heterocycles. The van der Waals surface area contributed by atoms with E-state index in [1.54, 1.807) is 0 Å². The second kappa shape index (κ2) is 7.43. The molecule has 0 atom stereocenters. The number of halogens is 2. The highest BCUT2D eigenvalue weighted by Gasteiger charge is 2.13. The standard InChI is InChI=1S/C15H14ClFN2O3S/c1-2-22-11-6-8-12(9-7-11)23(20,21)19-18-10-13-14(16)4-3-5-15(13)17/h3-10,19H,2H2,1H3/b18-10-. The molecular formula is C15H14ClFN2O3S. The molecule has 1 N–H and O–H groups in total. The summed E-state index contributed by atoms with van der Waals surface area (Å²) >= 11 is 5.82. The lowest BCUT2D eigenvalue weighted by molar-refractivity contribution is 0.340. The first-order chi connectivity index (χ1) is 10.9. The maximum absolute atomic E-state index is 13.5. The van der Waals surface area contributed by atoms with E-state index in [-0.39, 0.29) is 15.5 Å². The van der Waals surface area contributed by atoms with Crippen molar-refractivity contribution in [3.63, 3.8) is 0 Å². The fraction of sp³-hybridized carbons (Fsp3) is 0.133. The van der Waals surface area contributed by atoms with Crippen LogP contribution in [0.5, 0.6) is 5.75 Å². The molecular weight excluding hydrogens is 343 g/mol. The van der Waals surface area contributed by atoms with Gasteiger partial charge >= 0.3 is 0 Å². The number of benzene rings is 2. The van der Waals surface area contributed by atoms with E-state index in [1.807, 2.05) is 11.8 Å². The number of hydrogen-bond donors (Lipinski definition) is 1. The van der Waals surface area contributed by atoms with Crippen LogP contribution >= 0.6 is 11.6 Å². The Bertz CT molecular complexity index is 788. The molecule has 2 aromatic carbocycles. The molecule has 0 amide bonds. The Morgan fingerprint density at radius 1 is 1.26 bits per heavy atom. The molecule has 122 valence electrons. The fourth-order valence-corrected chi connectivity index (χ4v) is 2.73. The molecule has 0 unspecified atom stereocenters. The molecule has 0 bridgehead atoms. The molecule has 2 aromatic rings. The molecule has 0 fully saturated rings. The van der Waals surface area contributed by atoms with E-state index in [0.29, 0.717) is 12.4 Å². The molecule has 0 aromatic heterocycles. The number of ether oxygens (including phenoxy) is 1. The van der Waals surface area contributed by atoms with Gasteiger partial charge in [-0.15, -0.1) is 0 Å². The van der Waals surface area contributed by atoms with Gasteiger partial charge < -0.3 is 4.74 Å². The lowest BCUT2D eigenvalue weighted by Crippen LogP contribution is -2.18. The van der Waals surface area contributed by atoms with Crippen LogP contribution in [-0.4, -0.2) is 21.2 Å². The van der Waals surface area contributed by atoms with Crippen LogP contribution in [-0.2, 0) is 10.0 Å². The van der Waals surface area contributed by atoms with Crippen molar-refractivity contribution in [2.45, 2.75) is 11.8 Å². The minimum absolute atomic E-state index is 0.00330. The normalized spacial score (nSPS) is 11.6. The van der Waals surface area contributed by atoms with Crippen molar-refractivity contribution in [2.24, 2.45) is 5.10 Å². The fourth-order valence-electron chi connectivity index (χ4n) is 1.73. The van der Waals surface area contributed by atoms with Gasteiger partial charge in [-0.2, -0.15) is 13.5 Å². The van der Waals surface area contributed by atoms with Crippen LogP contribution in [0.25, 0.3) is 0 Å². The van der Waals surface area contributed by atoms with E-state index in [4.69, 9.17) is 16.3 Å². The number of nitrogens with one attached hydrogen (secondary N) is 1. The van der Waals surface area contributed by atoms with Crippen LogP contribution in [0.15, 0.2) is 52.5 Å². The Morgan fingerprint density at radius 3 is 2.57 bits per heavy atom. The summed E-state index contributed by atoms with van der Waals surface area (Å²) in [6, 6.07) is 9.98. The van der Waals surface area contributed by atoms with Gasteiger partial charge in [-0.05, 0) is 43.3 Å². The molecule has 0 radical (unpaired) electrons. The number of hydrazone groups is 1. The lowest BCUT2D eigenvalue weighted by Gasteiger charge is -2.06. The quantitative estimate of drug-likeness (QED) is 0.638. The van der Waals surface area contributed by atoms with Crippen molar-refractivity contribution in [1.82, 2.24) is 4.83 Å². The van der Waals surface area contributed by atoms with Gasteiger partial charge in [0, 0.05) is 5.56 Å². The highest BCUT2D eigenvalue weighted by molar-refractivity contribution is 7.89. The molecule has 2 rings (SSSR count). The van der Waals surface area contributed by atoms with Crippen molar-refractivity contribution in [3.05, 3.63) is 58.9 Å². The zero-order valence-electron chi connectivity index (χ0n) is 12.2. The number of sulfonamides is 1. The minimum Gasteiger partial charge on any atom is -0.494 e. The van der Waals surface area contributed by atoms with Crippen LogP contribution in [0.3, 0.4) is 0 Å². The van der Waals surface area contributed by atoms with E-state index in [2.05, 4.69) is 5.10 Å². The summed E-state index contributed by atoms with van der Waals surface area (Å²) in [5, 5.41) is 3.68. The van der Waals surface area contributed by atoms with Crippen molar-refractivity contribution in [1.29, 1.82) is 0 Å². The van der Waals surface area contributed by atoms with Crippen LogP contribution in [0.2, 0.25) is 5.02 Å². The highest BCUT2D eigenvalue weighted by atomic mass is 35.5. The second-order valence-electron chi connectivity index (χ2n) is 4.39. The molecule has 0 saturated carbocycles. The Hall–Kier alpha value is -2.12. The average Bonchev–Trinajstić information content (AvgIpc) is 2.51. The Balaban J connectivity index is 2.13. The summed E-state index contributed by atoms with van der Waals surface area (Å²) < 4.78 is 42.9. The smallest absolute Gasteiger partial charge is 0.276 e. The van der Waals surface area contributed by atoms with Gasteiger partial charge in [-0.25, -0.2) is 9.22 Å². The van der Waals surface area contributed by atoms with E-state index in [9.17, 15) is 12.8 Å². The first-order valence-corrected chi connectivity index (χ1v) is 8.52. The Kier molecular flexibility index (Phi) is 5.57. The summed E-state index contributed by atoms with van der Waals surface area (Å²) in [7, 11) is -3.86. The summed E-state index contributed by atoms with van der Waals surface area (Å²) in [4.78, 5) is 2.02. The molecule has 23 heavy (non-hydrogen) atoms. The van der Waals surface area contributed by atoms with E-state index < -0.39 is 15.8 Å². The molecule has 0 aliphatic heterocycles. The third-order valence-electron chi connectivity index (χ3n) is 2.81. The van der Waals surface area contributed by atoms with Gasteiger partial charge in [-0.1, -0.05) is 17.7 Å². The van der Waals surface area contributed by atoms with Crippen LogP contribution in [0, 0.1) is 5.82 Å². The maximum atomic E-state index is 13.5. The Morgan fingerprint density at radius 2 is 1.96 bits per heavy atom. The van der Waals surface area contributed by atoms with Gasteiger partial charge in [0.1, 0.15) is 11.6 Å². The Labute approximate surface area is 138 Å². The zero-order valence-corrected chi connectivity index (χ0v) is 13.7. The van der Waals surface area contributed by atoms with E-state index in [0.717, 1.165) is 6.21 Å². The van der Waals surface area contributed by atoms with Gasteiger partial charge in [-0.3, -0.25) is 0 Å². The topological polar surface area (TPSA) is 67.8 Å². The lowest BCUT2D eigenvalue weighted by atomic mass is 10.2. The van der Waals surface area contributed by atoms with Crippen molar-refractivity contribution in [2.75, 3.05) is 6.61 Å². The molecule has 8 heteroatoms. The highest BCUT2D eigenvalue weighted by Crippen LogP contribution is 2.17. The first-order valence-electron chi connectivity index (χ1n) is 6.66. The number of hydrogen-bond acceptors (Lipinski definition) is 4. The predicted molar refractivity (Wildman–Crippen MR) is 86.9 cm³/mol. The third kappa shape index (κ3) is 4.43. The van der Waals surface area contributed by atoms with Gasteiger partial charge in [0.2, 0.25) is 0 Å². The van der Waals surface area contributed by atoms with E-state index in [1.165, 1.54) is 42.5 Å². The predicted octanol–water partition coefficient (Wildman–Crippen LogP) is 3.19. The van der Waals surface area contributed by atoms with Crippen molar-refractivity contribution >= 4 is 27.8 Å². The van der Waals surface area contributed by atoms with Crippen LogP contribution in [0.1, 0.15) is 12.5 Å². The van der Waals surface area contributed by atoms with E-state index >= 15 is 0 Å². The summed E-state index contributed by atoms with van der Waals surface area (Å²) in [5.41, 5.74) is 0.00330. The molecule has 0 saturated heterocycles. The van der Waals surface area contributed by atoms with Gasteiger partial charge in [0.25, 0.3) is 10.0 Å². The zero-order chi connectivity index (χ0) is 16.9. The number of nitrogens with zero attached hydrogens (tertiary/aromatic N) is 1. The average molecular weight is 357 g/mol. The summed E-state index contributed by atoms with van der Waals surface area (Å²) in [6.07, 6.45) is 1.02.